The fourth-order valence-electron chi connectivity index (χ4n) is 4.13. The van der Waals surface area contributed by atoms with Crippen LogP contribution in [0.1, 0.15) is 42.5 Å². The fraction of sp³-hybridized carbons (Fsp3) is 0.700. The molecule has 3 rings (SSSR count). The molecule has 1 aromatic heterocycles. The number of urea groups is 1. The lowest BCUT2D eigenvalue weighted by Crippen LogP contribution is -2.57. The molecule has 8 heteroatoms. The number of hydrogen-bond donors (Lipinski definition) is 2. The molecule has 156 valence electrons. The predicted molar refractivity (Wildman–Crippen MR) is 101 cm³/mol. The van der Waals surface area contributed by atoms with Gasteiger partial charge in [0.25, 0.3) is 0 Å². The molecule has 1 aliphatic carbocycles. The Bertz CT molecular complexity index is 681. The molecule has 0 aromatic carbocycles. The van der Waals surface area contributed by atoms with Gasteiger partial charge in [-0.15, -0.1) is 0 Å². The lowest BCUT2D eigenvalue weighted by atomic mass is 9.83. The van der Waals surface area contributed by atoms with Gasteiger partial charge in [0.2, 0.25) is 0 Å². The smallest absolute Gasteiger partial charge is 0.338 e. The van der Waals surface area contributed by atoms with E-state index in [1.807, 2.05) is 20.0 Å². The summed E-state index contributed by atoms with van der Waals surface area (Å²) < 4.78 is 38.2. The summed E-state index contributed by atoms with van der Waals surface area (Å²) >= 11 is 0. The first-order valence-corrected chi connectivity index (χ1v) is 9.99. The number of amides is 2. The maximum Gasteiger partial charge on any atom is 0.391 e. The van der Waals surface area contributed by atoms with E-state index < -0.39 is 12.1 Å². The number of aromatic nitrogens is 1. The monoisotopic (exact) mass is 398 g/mol. The Labute approximate surface area is 164 Å². The number of pyridine rings is 1. The van der Waals surface area contributed by atoms with Crippen molar-refractivity contribution >= 4 is 6.03 Å². The first-order valence-electron chi connectivity index (χ1n) is 9.99. The molecule has 0 unspecified atom stereocenters. The third kappa shape index (κ3) is 5.37. The highest BCUT2D eigenvalue weighted by Crippen LogP contribution is 2.36. The molecule has 1 saturated carbocycles. The van der Waals surface area contributed by atoms with Gasteiger partial charge in [-0.25, -0.2) is 4.79 Å². The second kappa shape index (κ2) is 8.68. The molecule has 0 bridgehead atoms. The van der Waals surface area contributed by atoms with Crippen molar-refractivity contribution in [3.05, 3.63) is 29.1 Å². The van der Waals surface area contributed by atoms with E-state index in [4.69, 9.17) is 0 Å². The third-order valence-electron chi connectivity index (χ3n) is 5.93. The summed E-state index contributed by atoms with van der Waals surface area (Å²) in [5, 5.41) is 5.81. The summed E-state index contributed by atoms with van der Waals surface area (Å²) in [4.78, 5) is 18.6. The van der Waals surface area contributed by atoms with Gasteiger partial charge in [0.05, 0.1) is 5.92 Å². The molecule has 2 heterocycles. The molecule has 1 aliphatic heterocycles. The molecule has 28 heavy (non-hydrogen) atoms. The Morgan fingerprint density at radius 2 is 1.93 bits per heavy atom. The van der Waals surface area contributed by atoms with Gasteiger partial charge in [-0.3, -0.25) is 4.98 Å². The van der Waals surface area contributed by atoms with Crippen LogP contribution in [0.5, 0.6) is 0 Å². The lowest BCUT2D eigenvalue weighted by Gasteiger charge is -2.46. The molecule has 2 aliphatic rings. The van der Waals surface area contributed by atoms with Gasteiger partial charge in [0, 0.05) is 36.9 Å². The summed E-state index contributed by atoms with van der Waals surface area (Å²) in [5.74, 6) is -1.16. The van der Waals surface area contributed by atoms with Crippen molar-refractivity contribution in [3.8, 4) is 0 Å². The second-order valence-corrected chi connectivity index (χ2v) is 8.10. The Kier molecular flexibility index (Phi) is 6.47. The Hall–Kier alpha value is -1.83. The van der Waals surface area contributed by atoms with Crippen LogP contribution in [0.25, 0.3) is 0 Å². The topological polar surface area (TPSA) is 57.3 Å². The van der Waals surface area contributed by atoms with Crippen molar-refractivity contribution in [1.29, 1.82) is 0 Å². The van der Waals surface area contributed by atoms with Crippen LogP contribution in [0.15, 0.2) is 12.3 Å². The van der Waals surface area contributed by atoms with Crippen LogP contribution >= 0.6 is 0 Å². The highest BCUT2D eigenvalue weighted by Gasteiger charge is 2.43. The van der Waals surface area contributed by atoms with Crippen LogP contribution in [0.3, 0.4) is 0 Å². The Morgan fingerprint density at radius 3 is 2.54 bits per heavy atom. The number of likely N-dealkylation sites (tertiary alicyclic amines) is 1. The van der Waals surface area contributed by atoms with Crippen LogP contribution < -0.4 is 10.6 Å². The Balaban J connectivity index is 1.31. The third-order valence-corrected chi connectivity index (χ3v) is 5.93. The van der Waals surface area contributed by atoms with E-state index in [1.165, 1.54) is 0 Å². The van der Waals surface area contributed by atoms with Crippen LogP contribution in [0, 0.1) is 19.8 Å². The first kappa shape index (κ1) is 20.9. The maximum absolute atomic E-state index is 12.7. The first-order chi connectivity index (χ1) is 13.2. The van der Waals surface area contributed by atoms with E-state index in [0.29, 0.717) is 32.1 Å². The van der Waals surface area contributed by atoms with Crippen molar-refractivity contribution in [2.75, 3.05) is 19.6 Å². The second-order valence-electron chi connectivity index (χ2n) is 8.10. The number of aryl methyl sites for hydroxylation is 2. The maximum atomic E-state index is 12.7. The van der Waals surface area contributed by atoms with Crippen LogP contribution in [0.2, 0.25) is 0 Å². The highest BCUT2D eigenvalue weighted by molar-refractivity contribution is 5.74. The minimum Gasteiger partial charge on any atom is -0.338 e. The molecule has 0 atom stereocenters. The lowest BCUT2D eigenvalue weighted by molar-refractivity contribution is -0.187. The molecule has 0 spiro atoms. The Morgan fingerprint density at radius 1 is 1.25 bits per heavy atom. The minimum absolute atomic E-state index is 0.101. The number of nitrogens with zero attached hydrogens (tertiary/aromatic N) is 2. The summed E-state index contributed by atoms with van der Waals surface area (Å²) in [6.07, 6.45) is 0.428. The van der Waals surface area contributed by atoms with E-state index in [9.17, 15) is 18.0 Å². The zero-order chi connectivity index (χ0) is 20.3. The van der Waals surface area contributed by atoms with Crippen LogP contribution in [-0.2, 0) is 6.42 Å². The van der Waals surface area contributed by atoms with Gasteiger partial charge in [0.1, 0.15) is 0 Å². The average molecular weight is 398 g/mol. The fourth-order valence-corrected chi connectivity index (χ4v) is 4.13. The number of nitrogens with one attached hydrogen (secondary N) is 2. The number of carbonyl (C=O) groups excluding carboxylic acids is 1. The molecule has 2 N–H and O–H groups in total. The summed E-state index contributed by atoms with van der Waals surface area (Å²) in [7, 11) is 0. The molecule has 2 fully saturated rings. The van der Waals surface area contributed by atoms with Gasteiger partial charge in [-0.2, -0.15) is 13.2 Å². The minimum atomic E-state index is -4.07. The van der Waals surface area contributed by atoms with Gasteiger partial charge < -0.3 is 15.5 Å². The number of hydrogen-bond acceptors (Lipinski definition) is 3. The highest BCUT2D eigenvalue weighted by atomic mass is 19.4. The molecule has 1 aromatic rings. The van der Waals surface area contributed by atoms with E-state index in [2.05, 4.69) is 26.6 Å². The number of rotatable bonds is 5. The zero-order valence-electron chi connectivity index (χ0n) is 16.5. The van der Waals surface area contributed by atoms with Crippen molar-refractivity contribution in [2.45, 2.75) is 64.2 Å². The number of halogens is 3. The van der Waals surface area contributed by atoms with E-state index in [0.717, 1.165) is 29.7 Å². The number of carbonyl (C=O) groups is 1. The van der Waals surface area contributed by atoms with Gasteiger partial charge >= 0.3 is 12.2 Å². The summed E-state index contributed by atoms with van der Waals surface area (Å²) in [6.45, 7) is 5.53. The SMILES string of the molecule is Cc1cnc(CCNC(=O)NC2CC(N3CCC(C(F)(F)F)CC3)C2)c(C)c1. The van der Waals surface area contributed by atoms with Gasteiger partial charge in [-0.05, 0) is 63.7 Å². The van der Waals surface area contributed by atoms with Crippen molar-refractivity contribution in [2.24, 2.45) is 5.92 Å². The van der Waals surface area contributed by atoms with Crippen LogP contribution in [0.4, 0.5) is 18.0 Å². The average Bonchev–Trinajstić information content (AvgIpc) is 2.59. The van der Waals surface area contributed by atoms with E-state index in [-0.39, 0.29) is 24.9 Å². The van der Waals surface area contributed by atoms with Gasteiger partial charge in [-0.1, -0.05) is 6.07 Å². The van der Waals surface area contributed by atoms with Crippen molar-refractivity contribution < 1.29 is 18.0 Å². The van der Waals surface area contributed by atoms with Crippen molar-refractivity contribution in [3.63, 3.8) is 0 Å². The van der Waals surface area contributed by atoms with E-state index in [1.54, 1.807) is 0 Å². The standard InChI is InChI=1S/C20H29F3N4O/c1-13-9-14(2)18(25-12-13)3-6-24-19(28)26-16-10-17(11-16)27-7-4-15(5-8-27)20(21,22)23/h9,12,15-17H,3-8,10-11H2,1-2H3,(H2,24,26,28). The molecule has 0 radical (unpaired) electrons. The summed E-state index contributed by atoms with van der Waals surface area (Å²) in [6, 6.07) is 2.28. The zero-order valence-corrected chi connectivity index (χ0v) is 16.5. The number of alkyl halides is 3. The predicted octanol–water partition coefficient (Wildman–Crippen LogP) is 3.35. The molecule has 5 nitrogen and oxygen atoms in total. The van der Waals surface area contributed by atoms with Gasteiger partial charge in [0.15, 0.2) is 0 Å². The summed E-state index contributed by atoms with van der Waals surface area (Å²) in [5.41, 5.74) is 3.23. The quantitative estimate of drug-likeness (QED) is 0.800. The molecule has 2 amide bonds. The van der Waals surface area contributed by atoms with Crippen LogP contribution in [-0.4, -0.2) is 53.8 Å². The molecule has 1 saturated heterocycles. The molecular formula is C20H29F3N4O. The molecular weight excluding hydrogens is 369 g/mol. The largest absolute Gasteiger partial charge is 0.391 e. The van der Waals surface area contributed by atoms with Crippen molar-refractivity contribution in [1.82, 2.24) is 20.5 Å². The van der Waals surface area contributed by atoms with E-state index >= 15 is 0 Å². The number of piperidine rings is 1. The normalized spacial score (nSPS) is 23.9.